The van der Waals surface area contributed by atoms with Crippen LogP contribution in [-0.2, 0) is 6.42 Å². The summed E-state index contributed by atoms with van der Waals surface area (Å²) in [5.74, 6) is -7.11. The third-order valence-electron chi connectivity index (χ3n) is 5.02. The van der Waals surface area contributed by atoms with E-state index in [0.717, 1.165) is 31.4 Å². The molecule has 0 spiro atoms. The van der Waals surface area contributed by atoms with Gasteiger partial charge in [0.05, 0.1) is 0 Å². The van der Waals surface area contributed by atoms with E-state index < -0.39 is 29.3 Å². The van der Waals surface area contributed by atoms with Crippen LogP contribution in [0.3, 0.4) is 0 Å². The summed E-state index contributed by atoms with van der Waals surface area (Å²) in [6, 6.07) is 2.00. The van der Waals surface area contributed by atoms with Crippen LogP contribution in [0.2, 0.25) is 0 Å². The van der Waals surface area contributed by atoms with Crippen molar-refractivity contribution in [2.75, 3.05) is 0 Å². The molecule has 0 saturated heterocycles. The Balaban J connectivity index is 2.29. The molecule has 27 heavy (non-hydrogen) atoms. The van der Waals surface area contributed by atoms with E-state index in [1.54, 1.807) is 0 Å². The highest BCUT2D eigenvalue weighted by molar-refractivity contribution is 5.19. The van der Waals surface area contributed by atoms with Crippen molar-refractivity contribution >= 4 is 0 Å². The zero-order valence-electron chi connectivity index (χ0n) is 16.2. The number of benzene rings is 1. The first-order valence-electron chi connectivity index (χ1n) is 10.1. The number of aliphatic hydroxyl groups is 3. The number of unbranched alkanes of at least 4 members (excludes halogenated alkanes) is 7. The molecule has 0 aliphatic carbocycles. The molecule has 0 bridgehead atoms. The molecular weight excluding hydrogens is 357 g/mol. The molecule has 0 aliphatic heterocycles. The zero-order valence-corrected chi connectivity index (χ0v) is 16.2. The molecule has 0 aromatic heterocycles. The third kappa shape index (κ3) is 9.58. The van der Waals surface area contributed by atoms with Crippen molar-refractivity contribution < 1.29 is 28.5 Å². The van der Waals surface area contributed by atoms with E-state index in [1.807, 2.05) is 0 Å². The van der Waals surface area contributed by atoms with Crippen molar-refractivity contribution in [1.82, 2.24) is 0 Å². The fourth-order valence-corrected chi connectivity index (χ4v) is 3.35. The maximum atomic E-state index is 13.2. The van der Waals surface area contributed by atoms with E-state index in [1.165, 1.54) is 19.3 Å². The van der Waals surface area contributed by atoms with Crippen LogP contribution < -0.4 is 0 Å². The first-order valence-corrected chi connectivity index (χ1v) is 10.1. The Kier molecular flexibility index (Phi) is 11.0. The van der Waals surface area contributed by atoms with E-state index in [4.69, 9.17) is 0 Å². The second kappa shape index (κ2) is 12.4. The number of hydrogen-bond donors (Lipinski definition) is 3. The minimum absolute atomic E-state index is 0.399. The Morgan fingerprint density at radius 3 is 1.78 bits per heavy atom. The van der Waals surface area contributed by atoms with Gasteiger partial charge in [-0.3, -0.25) is 0 Å². The molecule has 0 aliphatic rings. The Labute approximate surface area is 160 Å². The third-order valence-corrected chi connectivity index (χ3v) is 5.02. The largest absolute Gasteiger partial charge is 0.343 e. The molecule has 0 radical (unpaired) electrons. The van der Waals surface area contributed by atoms with Gasteiger partial charge in [-0.05, 0) is 43.4 Å². The average molecular weight is 390 g/mol. The molecule has 0 saturated carbocycles. The Bertz CT molecular complexity index is 521. The lowest BCUT2D eigenvalue weighted by molar-refractivity contribution is -0.344. The number of rotatable bonds is 14. The molecule has 3 N–H and O–H groups in total. The molecule has 1 unspecified atom stereocenters. The predicted molar refractivity (Wildman–Crippen MR) is 99.4 cm³/mol. The van der Waals surface area contributed by atoms with Crippen LogP contribution in [0.1, 0.15) is 83.1 Å². The second-order valence-corrected chi connectivity index (χ2v) is 7.41. The van der Waals surface area contributed by atoms with Gasteiger partial charge in [0.15, 0.2) is 17.5 Å². The number of halogens is 3. The van der Waals surface area contributed by atoms with Crippen molar-refractivity contribution in [3.8, 4) is 0 Å². The van der Waals surface area contributed by atoms with Gasteiger partial charge >= 0.3 is 0 Å². The Morgan fingerprint density at radius 1 is 0.778 bits per heavy atom. The van der Waals surface area contributed by atoms with E-state index in [2.05, 4.69) is 6.92 Å². The fourth-order valence-electron chi connectivity index (χ4n) is 3.35. The lowest BCUT2D eigenvalue weighted by Gasteiger charge is -2.26. The highest BCUT2D eigenvalue weighted by atomic mass is 19.2. The van der Waals surface area contributed by atoms with Crippen LogP contribution in [-0.4, -0.2) is 21.3 Å². The van der Waals surface area contributed by atoms with Gasteiger partial charge in [-0.15, -0.1) is 0 Å². The van der Waals surface area contributed by atoms with Crippen LogP contribution in [0, 0.1) is 23.4 Å². The maximum Gasteiger partial charge on any atom is 0.278 e. The summed E-state index contributed by atoms with van der Waals surface area (Å²) >= 11 is 0. The fraction of sp³-hybridized carbons (Fsp3) is 0.714. The summed E-state index contributed by atoms with van der Waals surface area (Å²) in [6.07, 6.45) is 9.95. The summed E-state index contributed by atoms with van der Waals surface area (Å²) < 4.78 is 39.3. The molecule has 156 valence electrons. The van der Waals surface area contributed by atoms with Crippen LogP contribution >= 0.6 is 0 Å². The Morgan fingerprint density at radius 2 is 1.26 bits per heavy atom. The highest BCUT2D eigenvalue weighted by Crippen LogP contribution is 2.26. The van der Waals surface area contributed by atoms with Crippen molar-refractivity contribution in [3.63, 3.8) is 0 Å². The van der Waals surface area contributed by atoms with Crippen molar-refractivity contribution in [2.45, 2.75) is 89.9 Å². The molecule has 1 aromatic rings. The molecule has 0 fully saturated rings. The molecule has 3 nitrogen and oxygen atoms in total. The molecule has 1 atom stereocenters. The van der Waals surface area contributed by atoms with E-state index in [9.17, 15) is 28.5 Å². The number of aryl methyl sites for hydroxylation is 1. The summed E-state index contributed by atoms with van der Waals surface area (Å²) in [4.78, 5) is 0. The first kappa shape index (κ1) is 23.9. The molecule has 0 amide bonds. The van der Waals surface area contributed by atoms with Crippen LogP contribution in [0.15, 0.2) is 12.1 Å². The van der Waals surface area contributed by atoms with E-state index in [0.29, 0.717) is 44.1 Å². The van der Waals surface area contributed by atoms with Gasteiger partial charge < -0.3 is 15.3 Å². The minimum atomic E-state index is -2.67. The van der Waals surface area contributed by atoms with Crippen LogP contribution in [0.5, 0.6) is 0 Å². The molecular formula is C21H33F3O3. The topological polar surface area (TPSA) is 60.7 Å². The van der Waals surface area contributed by atoms with Gasteiger partial charge in [-0.1, -0.05) is 58.3 Å². The monoisotopic (exact) mass is 390 g/mol. The van der Waals surface area contributed by atoms with Gasteiger partial charge in [-0.25, -0.2) is 13.2 Å². The number of hydrogen-bond acceptors (Lipinski definition) is 3. The maximum absolute atomic E-state index is 13.2. The van der Waals surface area contributed by atoms with Crippen molar-refractivity contribution in [3.05, 3.63) is 35.1 Å². The quantitative estimate of drug-likeness (QED) is 0.232. The standard InChI is InChI=1S/C21H33F3O3/c1-2-3-4-5-6-9-12-17(21(25,26)27)13-10-7-8-11-16-14-18(22)20(24)19(23)15-16/h14-15,17,25-27H,2-13H2,1H3. The molecule has 6 heteroatoms. The van der Waals surface area contributed by atoms with Gasteiger partial charge in [0.1, 0.15) is 0 Å². The highest BCUT2D eigenvalue weighted by Gasteiger charge is 2.30. The van der Waals surface area contributed by atoms with Gasteiger partial charge in [0.25, 0.3) is 5.97 Å². The molecule has 1 aromatic carbocycles. The van der Waals surface area contributed by atoms with Crippen LogP contribution in [0.4, 0.5) is 13.2 Å². The molecule has 1 rings (SSSR count). The first-order chi connectivity index (χ1) is 12.8. The smallest absolute Gasteiger partial charge is 0.278 e. The summed E-state index contributed by atoms with van der Waals surface area (Å²) in [6.45, 7) is 2.15. The van der Waals surface area contributed by atoms with Gasteiger partial charge in [0.2, 0.25) is 0 Å². The summed E-state index contributed by atoms with van der Waals surface area (Å²) in [5, 5.41) is 28.6. The van der Waals surface area contributed by atoms with Crippen molar-refractivity contribution in [2.24, 2.45) is 5.92 Å². The average Bonchev–Trinajstić information content (AvgIpc) is 2.59. The zero-order chi connectivity index (χ0) is 20.3. The summed E-state index contributed by atoms with van der Waals surface area (Å²) in [5.41, 5.74) is 0.399. The van der Waals surface area contributed by atoms with Gasteiger partial charge in [-0.2, -0.15) is 0 Å². The Hall–Kier alpha value is -1.11. The predicted octanol–water partition coefficient (Wildman–Crippen LogP) is 5.20. The van der Waals surface area contributed by atoms with Gasteiger partial charge in [0, 0.05) is 5.92 Å². The minimum Gasteiger partial charge on any atom is -0.343 e. The normalized spacial score (nSPS) is 13.1. The second-order valence-electron chi connectivity index (χ2n) is 7.41. The lowest BCUT2D eigenvalue weighted by atomic mass is 9.92. The lowest BCUT2D eigenvalue weighted by Crippen LogP contribution is -2.37. The van der Waals surface area contributed by atoms with E-state index >= 15 is 0 Å². The van der Waals surface area contributed by atoms with Crippen molar-refractivity contribution in [1.29, 1.82) is 0 Å². The van der Waals surface area contributed by atoms with Crippen LogP contribution in [0.25, 0.3) is 0 Å². The molecule has 0 heterocycles. The van der Waals surface area contributed by atoms with E-state index in [-0.39, 0.29) is 0 Å². The SMILES string of the molecule is CCCCCCCCC(CCCCCc1cc(F)c(F)c(F)c1)C(O)(O)O. The summed E-state index contributed by atoms with van der Waals surface area (Å²) in [7, 11) is 0.